The number of anilines is 1. The second-order valence-electron chi connectivity index (χ2n) is 6.58. The Morgan fingerprint density at radius 2 is 2.17 bits per heavy atom. The zero-order valence-corrected chi connectivity index (χ0v) is 13.9. The van der Waals surface area contributed by atoms with Crippen molar-refractivity contribution in [2.24, 2.45) is 0 Å². The van der Waals surface area contributed by atoms with Gasteiger partial charge in [-0.2, -0.15) is 4.98 Å². The van der Waals surface area contributed by atoms with Crippen LogP contribution in [0.4, 0.5) is 5.69 Å². The third kappa shape index (κ3) is 2.82. The van der Waals surface area contributed by atoms with Gasteiger partial charge in [0.2, 0.25) is 11.8 Å². The van der Waals surface area contributed by atoms with Crippen LogP contribution in [-0.2, 0) is 11.2 Å². The fraction of sp³-hybridized carbons (Fsp3) is 0.500. The molecule has 2 aliphatic rings. The lowest BCUT2D eigenvalue weighted by atomic mass is 10.0. The first kappa shape index (κ1) is 15.3. The Labute approximate surface area is 141 Å². The number of carbonyl (C=O) groups excluding carboxylic acids is 1. The van der Waals surface area contributed by atoms with Gasteiger partial charge in [0.05, 0.1) is 12.6 Å². The Hall–Kier alpha value is -2.21. The zero-order chi connectivity index (χ0) is 16.5. The minimum Gasteiger partial charge on any atom is -0.340 e. The van der Waals surface area contributed by atoms with Gasteiger partial charge >= 0.3 is 0 Å². The Morgan fingerprint density at radius 1 is 1.29 bits per heavy atom. The van der Waals surface area contributed by atoms with Gasteiger partial charge in [0.15, 0.2) is 5.82 Å². The number of hydrogen-bond acceptors (Lipinski definition) is 5. The molecule has 1 aromatic carbocycles. The van der Waals surface area contributed by atoms with Crippen LogP contribution >= 0.6 is 0 Å². The van der Waals surface area contributed by atoms with Crippen LogP contribution in [0.5, 0.6) is 0 Å². The number of carbonyl (C=O) groups is 1. The second-order valence-corrected chi connectivity index (χ2v) is 6.58. The normalized spacial score (nSPS) is 21.0. The number of para-hydroxylation sites is 1. The third-order valence-corrected chi connectivity index (χ3v) is 4.95. The van der Waals surface area contributed by atoms with E-state index in [1.165, 1.54) is 5.56 Å². The fourth-order valence-corrected chi connectivity index (χ4v) is 3.81. The topological polar surface area (TPSA) is 62.5 Å². The highest BCUT2D eigenvalue weighted by atomic mass is 16.5. The third-order valence-electron chi connectivity index (χ3n) is 4.95. The molecule has 4 rings (SSSR count). The average Bonchev–Trinajstić information content (AvgIpc) is 3.23. The molecule has 0 aliphatic carbocycles. The highest BCUT2D eigenvalue weighted by molar-refractivity contribution is 5.96. The maximum Gasteiger partial charge on any atom is 0.241 e. The number of likely N-dealkylation sites (tertiary alicyclic amines) is 1. The molecule has 1 atom stereocenters. The molecule has 0 spiro atoms. The quantitative estimate of drug-likeness (QED) is 0.867. The molecule has 1 amide bonds. The summed E-state index contributed by atoms with van der Waals surface area (Å²) >= 11 is 0. The standard InChI is InChI=1S/C18H22N4O2/c1-13-19-18(20-24-13)16-9-5-10-21(16)12-17(23)22-11-4-7-14-6-2-3-8-15(14)22/h2-3,6,8,16H,4-5,7,9-12H2,1H3/t16-/m0/s1. The summed E-state index contributed by atoms with van der Waals surface area (Å²) in [5.74, 6) is 1.44. The van der Waals surface area contributed by atoms with E-state index in [4.69, 9.17) is 4.52 Å². The van der Waals surface area contributed by atoms with Crippen molar-refractivity contribution >= 4 is 11.6 Å². The van der Waals surface area contributed by atoms with Crippen molar-refractivity contribution in [3.63, 3.8) is 0 Å². The summed E-state index contributed by atoms with van der Waals surface area (Å²) in [5, 5.41) is 4.05. The summed E-state index contributed by atoms with van der Waals surface area (Å²) in [6.07, 6.45) is 4.11. The lowest BCUT2D eigenvalue weighted by molar-refractivity contribution is -0.120. The number of amides is 1. The van der Waals surface area contributed by atoms with Crippen molar-refractivity contribution in [2.75, 3.05) is 24.5 Å². The van der Waals surface area contributed by atoms with Crippen molar-refractivity contribution < 1.29 is 9.32 Å². The van der Waals surface area contributed by atoms with Crippen LogP contribution in [0.25, 0.3) is 0 Å². The molecular formula is C18H22N4O2. The van der Waals surface area contributed by atoms with Crippen LogP contribution in [0, 0.1) is 6.92 Å². The Balaban J connectivity index is 1.50. The van der Waals surface area contributed by atoms with Gasteiger partial charge in [-0.1, -0.05) is 23.4 Å². The molecule has 0 radical (unpaired) electrons. The molecule has 2 aromatic rings. The molecule has 1 fully saturated rings. The summed E-state index contributed by atoms with van der Waals surface area (Å²) in [6.45, 7) is 3.91. The number of benzene rings is 1. The van der Waals surface area contributed by atoms with Crippen molar-refractivity contribution in [2.45, 2.75) is 38.6 Å². The van der Waals surface area contributed by atoms with E-state index in [2.05, 4.69) is 27.2 Å². The summed E-state index contributed by atoms with van der Waals surface area (Å²) in [6, 6.07) is 8.31. The second kappa shape index (κ2) is 6.36. The molecule has 0 unspecified atom stereocenters. The molecule has 6 nitrogen and oxygen atoms in total. The highest BCUT2D eigenvalue weighted by Crippen LogP contribution is 2.31. The molecule has 126 valence electrons. The van der Waals surface area contributed by atoms with E-state index in [0.29, 0.717) is 18.3 Å². The zero-order valence-electron chi connectivity index (χ0n) is 13.9. The molecule has 3 heterocycles. The number of aryl methyl sites for hydroxylation is 2. The predicted octanol–water partition coefficient (Wildman–Crippen LogP) is 2.49. The molecule has 2 aliphatic heterocycles. The van der Waals surface area contributed by atoms with Crippen molar-refractivity contribution in [1.82, 2.24) is 15.0 Å². The van der Waals surface area contributed by atoms with Crippen molar-refractivity contribution in [3.05, 3.63) is 41.5 Å². The highest BCUT2D eigenvalue weighted by Gasteiger charge is 2.33. The first-order chi connectivity index (χ1) is 11.7. The van der Waals surface area contributed by atoms with E-state index in [0.717, 1.165) is 44.5 Å². The maximum absolute atomic E-state index is 12.9. The molecule has 1 aromatic heterocycles. The van der Waals surface area contributed by atoms with E-state index in [1.54, 1.807) is 6.92 Å². The van der Waals surface area contributed by atoms with Crippen LogP contribution in [-0.4, -0.2) is 40.6 Å². The van der Waals surface area contributed by atoms with Gasteiger partial charge in [0.25, 0.3) is 0 Å². The number of aromatic nitrogens is 2. The minimum atomic E-state index is 0.0893. The lowest BCUT2D eigenvalue weighted by Crippen LogP contribution is -2.42. The number of nitrogens with zero attached hydrogens (tertiary/aromatic N) is 4. The van der Waals surface area contributed by atoms with Gasteiger partial charge in [-0.25, -0.2) is 0 Å². The number of hydrogen-bond donors (Lipinski definition) is 0. The van der Waals surface area contributed by atoms with Gasteiger partial charge < -0.3 is 9.42 Å². The lowest BCUT2D eigenvalue weighted by Gasteiger charge is -2.31. The molecule has 0 bridgehead atoms. The van der Waals surface area contributed by atoms with Gasteiger partial charge in [0, 0.05) is 19.2 Å². The molecule has 1 saturated heterocycles. The fourth-order valence-electron chi connectivity index (χ4n) is 3.81. The van der Waals surface area contributed by atoms with Gasteiger partial charge in [-0.05, 0) is 43.9 Å². The van der Waals surface area contributed by atoms with E-state index in [-0.39, 0.29) is 11.9 Å². The van der Waals surface area contributed by atoms with E-state index < -0.39 is 0 Å². The predicted molar refractivity (Wildman–Crippen MR) is 89.7 cm³/mol. The first-order valence-electron chi connectivity index (χ1n) is 8.65. The Bertz CT molecular complexity index is 742. The number of fused-ring (bicyclic) bond motifs is 1. The largest absolute Gasteiger partial charge is 0.340 e. The van der Waals surface area contributed by atoms with E-state index in [9.17, 15) is 4.79 Å². The van der Waals surface area contributed by atoms with Gasteiger partial charge in [0.1, 0.15) is 0 Å². The monoisotopic (exact) mass is 326 g/mol. The Kier molecular flexibility index (Phi) is 4.06. The van der Waals surface area contributed by atoms with Crippen LogP contribution < -0.4 is 4.90 Å². The SMILES string of the molecule is Cc1nc([C@@H]2CCCN2CC(=O)N2CCCc3ccccc32)no1. The van der Waals surface area contributed by atoms with Crippen LogP contribution in [0.2, 0.25) is 0 Å². The maximum atomic E-state index is 12.9. The summed E-state index contributed by atoms with van der Waals surface area (Å²) in [7, 11) is 0. The molecule has 6 heteroatoms. The Morgan fingerprint density at radius 3 is 3.00 bits per heavy atom. The van der Waals surface area contributed by atoms with E-state index >= 15 is 0 Å². The van der Waals surface area contributed by atoms with Crippen LogP contribution in [0.15, 0.2) is 28.8 Å². The van der Waals surface area contributed by atoms with Gasteiger partial charge in [-0.15, -0.1) is 0 Å². The molecule has 0 N–H and O–H groups in total. The van der Waals surface area contributed by atoms with Gasteiger partial charge in [-0.3, -0.25) is 9.69 Å². The summed E-state index contributed by atoms with van der Waals surface area (Å²) in [5.41, 5.74) is 2.34. The summed E-state index contributed by atoms with van der Waals surface area (Å²) < 4.78 is 5.11. The molecule has 24 heavy (non-hydrogen) atoms. The van der Waals surface area contributed by atoms with E-state index in [1.807, 2.05) is 17.0 Å². The molecular weight excluding hydrogens is 304 g/mol. The first-order valence-corrected chi connectivity index (χ1v) is 8.65. The minimum absolute atomic E-state index is 0.0893. The molecule has 0 saturated carbocycles. The summed E-state index contributed by atoms with van der Waals surface area (Å²) in [4.78, 5) is 21.4. The number of rotatable bonds is 3. The van der Waals surface area contributed by atoms with Crippen molar-refractivity contribution in [3.8, 4) is 0 Å². The van der Waals surface area contributed by atoms with Crippen molar-refractivity contribution in [1.29, 1.82) is 0 Å². The smallest absolute Gasteiger partial charge is 0.241 e. The van der Waals surface area contributed by atoms with Crippen LogP contribution in [0.3, 0.4) is 0 Å². The van der Waals surface area contributed by atoms with Crippen LogP contribution in [0.1, 0.15) is 42.6 Å². The average molecular weight is 326 g/mol.